The summed E-state index contributed by atoms with van der Waals surface area (Å²) < 4.78 is 38.1. The highest BCUT2D eigenvalue weighted by atomic mass is 32.2. The molecule has 0 bridgehead atoms. The third-order valence-electron chi connectivity index (χ3n) is 2.21. The fourth-order valence-corrected chi connectivity index (χ4v) is 4.34. The van der Waals surface area contributed by atoms with Crippen LogP contribution in [0.4, 0.5) is 0 Å². The summed E-state index contributed by atoms with van der Waals surface area (Å²) in [5.74, 6) is 0.211. The molecule has 1 rings (SSSR count). The molecule has 18 heavy (non-hydrogen) atoms. The van der Waals surface area contributed by atoms with Crippen LogP contribution in [0, 0.1) is 0 Å². The molecule has 6 nitrogen and oxygen atoms in total. The van der Waals surface area contributed by atoms with E-state index in [1.807, 2.05) is 0 Å². The molecular formula is C9H16O6PS2. The molecule has 105 valence electrons. The van der Waals surface area contributed by atoms with Crippen molar-refractivity contribution in [3.63, 3.8) is 0 Å². The molecule has 9 heteroatoms. The maximum absolute atomic E-state index is 11.4. The van der Waals surface area contributed by atoms with Crippen LogP contribution < -0.4 is 0 Å². The van der Waals surface area contributed by atoms with Crippen LogP contribution in [-0.4, -0.2) is 44.8 Å². The zero-order chi connectivity index (χ0) is 13.8. The molecule has 0 amide bonds. The first-order valence-corrected chi connectivity index (χ1v) is 9.24. The van der Waals surface area contributed by atoms with Crippen LogP contribution >= 0.6 is 8.17 Å². The molecule has 4 unspecified atom stereocenters. The van der Waals surface area contributed by atoms with Crippen molar-refractivity contribution < 1.29 is 27.6 Å². The smallest absolute Gasteiger partial charge is 0.378 e. The summed E-state index contributed by atoms with van der Waals surface area (Å²) in [4.78, 5) is 9.81. The van der Waals surface area contributed by atoms with Crippen molar-refractivity contribution in [2.45, 2.75) is 12.2 Å². The molecule has 0 spiro atoms. The van der Waals surface area contributed by atoms with E-state index >= 15 is 0 Å². The second-order valence-electron chi connectivity index (χ2n) is 3.37. The quantitative estimate of drug-likeness (QED) is 0.553. The summed E-state index contributed by atoms with van der Waals surface area (Å²) in [6.45, 7) is 6.81. The molecule has 1 radical (unpaired) electrons. The normalized spacial score (nSPS) is 35.1. The standard InChI is InChI=1S/C9H16O6PS2/c1-4-17(11)6-8-9(7-18(12)5-2)15-16(10,13-3)14-8/h4-5,8-10H,1-2,6-7H2,3H3. The van der Waals surface area contributed by atoms with Crippen LogP contribution in [0.15, 0.2) is 24.0 Å². The zero-order valence-corrected chi connectivity index (χ0v) is 12.4. The van der Waals surface area contributed by atoms with Gasteiger partial charge in [0.05, 0.1) is 0 Å². The van der Waals surface area contributed by atoms with E-state index in [0.717, 1.165) is 0 Å². The second kappa shape index (κ2) is 7.23. The summed E-state index contributed by atoms with van der Waals surface area (Å²) in [6, 6.07) is 0. The number of hydrogen-bond acceptors (Lipinski definition) is 6. The van der Waals surface area contributed by atoms with Crippen LogP contribution in [0.25, 0.3) is 0 Å². The Bertz CT molecular complexity index is 281. The van der Waals surface area contributed by atoms with Crippen molar-refractivity contribution in [2.75, 3.05) is 18.6 Å². The molecule has 1 saturated heterocycles. The average molecular weight is 315 g/mol. The molecule has 1 heterocycles. The number of rotatable bonds is 7. The highest BCUT2D eigenvalue weighted by molar-refractivity contribution is 7.94. The molecule has 0 aromatic carbocycles. The van der Waals surface area contributed by atoms with Crippen molar-refractivity contribution in [3.8, 4) is 0 Å². The Balaban J connectivity index is 2.69. The molecule has 0 aromatic rings. The maximum Gasteiger partial charge on any atom is 0.378 e. The molecule has 1 fully saturated rings. The molecule has 0 aromatic heterocycles. The predicted molar refractivity (Wildman–Crippen MR) is 72.3 cm³/mol. The molecule has 1 N–H and O–H groups in total. The first-order chi connectivity index (χ1) is 8.44. The lowest BCUT2D eigenvalue weighted by Crippen LogP contribution is -2.34. The van der Waals surface area contributed by atoms with Gasteiger partial charge in [0.25, 0.3) is 0 Å². The van der Waals surface area contributed by atoms with Gasteiger partial charge in [0, 0.05) is 7.11 Å². The minimum atomic E-state index is -3.38. The average Bonchev–Trinajstić information content (AvgIpc) is 2.66. The minimum Gasteiger partial charge on any atom is -0.612 e. The van der Waals surface area contributed by atoms with E-state index in [1.165, 1.54) is 17.9 Å². The van der Waals surface area contributed by atoms with Gasteiger partial charge in [-0.3, -0.25) is 9.05 Å². The second-order valence-corrected chi connectivity index (χ2v) is 7.95. The van der Waals surface area contributed by atoms with Crippen molar-refractivity contribution in [2.24, 2.45) is 0 Å². The third-order valence-corrected chi connectivity index (χ3v) is 5.80. The van der Waals surface area contributed by atoms with Gasteiger partial charge in [0.2, 0.25) is 0 Å². The first kappa shape index (κ1) is 16.4. The highest BCUT2D eigenvalue weighted by Crippen LogP contribution is 2.64. The van der Waals surface area contributed by atoms with Gasteiger partial charge >= 0.3 is 8.17 Å². The minimum absolute atomic E-state index is 0.105. The highest BCUT2D eigenvalue weighted by Gasteiger charge is 2.50. The lowest BCUT2D eigenvalue weighted by Gasteiger charge is -2.18. The Kier molecular flexibility index (Phi) is 6.60. The summed E-state index contributed by atoms with van der Waals surface area (Å²) in [5.41, 5.74) is 0. The van der Waals surface area contributed by atoms with Gasteiger partial charge in [-0.2, -0.15) is 0 Å². The zero-order valence-electron chi connectivity index (χ0n) is 9.89. The van der Waals surface area contributed by atoms with Crippen molar-refractivity contribution in [3.05, 3.63) is 24.0 Å². The largest absolute Gasteiger partial charge is 0.612 e. The van der Waals surface area contributed by atoms with Crippen LogP contribution in [-0.2, 0) is 35.9 Å². The van der Waals surface area contributed by atoms with E-state index in [2.05, 4.69) is 13.2 Å². The Morgan fingerprint density at radius 3 is 1.89 bits per heavy atom. The van der Waals surface area contributed by atoms with Crippen LogP contribution in [0.1, 0.15) is 0 Å². The SMILES string of the molecule is C=C[S+]([O-])CC1O[P](O)(OC)OC1C[S+]([O-])C=C. The Morgan fingerprint density at radius 2 is 1.61 bits per heavy atom. The van der Waals surface area contributed by atoms with Gasteiger partial charge in [-0.25, -0.2) is 0 Å². The van der Waals surface area contributed by atoms with Gasteiger partial charge in [0.15, 0.2) is 0 Å². The fourth-order valence-electron chi connectivity index (χ4n) is 1.32. The lowest BCUT2D eigenvalue weighted by molar-refractivity contribution is 0.170. The van der Waals surface area contributed by atoms with Gasteiger partial charge in [-0.1, -0.05) is 13.2 Å². The monoisotopic (exact) mass is 315 g/mol. The Hall–Kier alpha value is 0.370. The predicted octanol–water partition coefficient (Wildman–Crippen LogP) is 0.871. The van der Waals surface area contributed by atoms with E-state index in [9.17, 15) is 14.0 Å². The summed E-state index contributed by atoms with van der Waals surface area (Å²) >= 11 is -2.61. The fraction of sp³-hybridized carbons (Fsp3) is 0.556. The number of hydrogen-bond donors (Lipinski definition) is 1. The summed E-state index contributed by atoms with van der Waals surface area (Å²) in [6.07, 6.45) is -1.29. The first-order valence-electron chi connectivity index (χ1n) is 4.98. The summed E-state index contributed by atoms with van der Waals surface area (Å²) in [7, 11) is -2.13. The van der Waals surface area contributed by atoms with E-state index in [4.69, 9.17) is 13.6 Å². The van der Waals surface area contributed by atoms with Crippen LogP contribution in [0.5, 0.6) is 0 Å². The van der Waals surface area contributed by atoms with E-state index < -0.39 is 42.7 Å². The van der Waals surface area contributed by atoms with Crippen molar-refractivity contribution >= 4 is 30.5 Å². The third kappa shape index (κ3) is 4.48. The van der Waals surface area contributed by atoms with Gasteiger partial charge < -0.3 is 18.5 Å². The van der Waals surface area contributed by atoms with Crippen LogP contribution in [0.2, 0.25) is 0 Å². The van der Waals surface area contributed by atoms with Gasteiger partial charge in [-0.15, -0.1) is 0 Å². The van der Waals surface area contributed by atoms with Crippen molar-refractivity contribution in [1.29, 1.82) is 0 Å². The Labute approximate surface area is 113 Å². The Morgan fingerprint density at radius 1 is 1.22 bits per heavy atom. The van der Waals surface area contributed by atoms with Crippen molar-refractivity contribution in [1.82, 2.24) is 0 Å². The van der Waals surface area contributed by atoms with Gasteiger partial charge in [-0.05, 0) is 22.4 Å². The van der Waals surface area contributed by atoms with Crippen LogP contribution in [0.3, 0.4) is 0 Å². The molecule has 0 aliphatic carbocycles. The molecule has 0 saturated carbocycles. The van der Waals surface area contributed by atoms with E-state index in [1.54, 1.807) is 0 Å². The summed E-state index contributed by atoms with van der Waals surface area (Å²) in [5, 5.41) is 2.54. The van der Waals surface area contributed by atoms with E-state index in [-0.39, 0.29) is 11.5 Å². The molecular weight excluding hydrogens is 299 g/mol. The maximum atomic E-state index is 11.4. The molecule has 4 atom stereocenters. The molecule has 1 aliphatic heterocycles. The topological polar surface area (TPSA) is 94.0 Å². The van der Waals surface area contributed by atoms with Gasteiger partial charge in [0.1, 0.15) is 34.5 Å². The lowest BCUT2D eigenvalue weighted by atomic mass is 10.3. The van der Waals surface area contributed by atoms with E-state index in [0.29, 0.717) is 0 Å². The molecule has 1 aliphatic rings.